The minimum absolute atomic E-state index is 0.119. The Morgan fingerprint density at radius 2 is 1.96 bits per heavy atom. The molecule has 26 heavy (non-hydrogen) atoms. The fourth-order valence-electron chi connectivity index (χ4n) is 3.73. The molecule has 138 valence electrons. The third-order valence-electron chi connectivity index (χ3n) is 5.06. The van der Waals surface area contributed by atoms with Crippen LogP contribution in [-0.2, 0) is 6.54 Å². The van der Waals surface area contributed by atoms with E-state index in [0.29, 0.717) is 19.8 Å². The summed E-state index contributed by atoms with van der Waals surface area (Å²) in [5.74, 6) is 0.0969. The zero-order valence-corrected chi connectivity index (χ0v) is 14.4. The molecular formula is C20H22F2N2O2. The van der Waals surface area contributed by atoms with Crippen molar-refractivity contribution in [2.45, 2.75) is 24.9 Å². The maximum Gasteiger partial charge on any atom is 0.165 e. The molecule has 0 aliphatic carbocycles. The van der Waals surface area contributed by atoms with E-state index in [9.17, 15) is 8.78 Å². The first-order valence-corrected chi connectivity index (χ1v) is 8.99. The van der Waals surface area contributed by atoms with Crippen molar-refractivity contribution in [1.29, 1.82) is 0 Å². The fourth-order valence-corrected chi connectivity index (χ4v) is 3.73. The van der Waals surface area contributed by atoms with Gasteiger partial charge in [0, 0.05) is 30.6 Å². The Morgan fingerprint density at radius 1 is 1.08 bits per heavy atom. The van der Waals surface area contributed by atoms with Gasteiger partial charge in [-0.2, -0.15) is 0 Å². The van der Waals surface area contributed by atoms with Gasteiger partial charge in [0.15, 0.2) is 23.1 Å². The molecule has 4 rings (SSSR count). The molecular weight excluding hydrogens is 338 g/mol. The summed E-state index contributed by atoms with van der Waals surface area (Å²) in [7, 11) is 0. The molecule has 2 aliphatic heterocycles. The van der Waals surface area contributed by atoms with Crippen molar-refractivity contribution in [3.05, 3.63) is 59.2 Å². The molecule has 1 fully saturated rings. The van der Waals surface area contributed by atoms with Gasteiger partial charge >= 0.3 is 0 Å². The van der Waals surface area contributed by atoms with Gasteiger partial charge in [-0.3, -0.25) is 0 Å². The number of hydrogen-bond acceptors (Lipinski definition) is 4. The Morgan fingerprint density at radius 3 is 2.85 bits per heavy atom. The van der Waals surface area contributed by atoms with Crippen molar-refractivity contribution in [3.63, 3.8) is 0 Å². The normalized spacial score (nSPS) is 22.2. The van der Waals surface area contributed by atoms with Gasteiger partial charge in [-0.1, -0.05) is 18.2 Å². The SMILES string of the molecule is Fc1ccc([C@@H]2CCNC[C@@H]2NCc2cccc3c2OCCO3)cc1F. The van der Waals surface area contributed by atoms with Gasteiger partial charge in [0.2, 0.25) is 0 Å². The van der Waals surface area contributed by atoms with Crippen LogP contribution >= 0.6 is 0 Å². The summed E-state index contributed by atoms with van der Waals surface area (Å²) in [5.41, 5.74) is 1.87. The first-order valence-electron chi connectivity index (χ1n) is 8.99. The Hall–Kier alpha value is -2.18. The first-order chi connectivity index (χ1) is 12.7. The lowest BCUT2D eigenvalue weighted by Crippen LogP contribution is -2.47. The van der Waals surface area contributed by atoms with E-state index in [1.807, 2.05) is 18.2 Å². The summed E-state index contributed by atoms with van der Waals surface area (Å²) in [6.07, 6.45) is 0.870. The van der Waals surface area contributed by atoms with Crippen LogP contribution in [0.1, 0.15) is 23.5 Å². The minimum atomic E-state index is -0.805. The molecule has 4 nitrogen and oxygen atoms in total. The van der Waals surface area contributed by atoms with Gasteiger partial charge in [-0.15, -0.1) is 0 Å². The number of nitrogens with one attached hydrogen (secondary N) is 2. The lowest BCUT2D eigenvalue weighted by atomic mass is 9.86. The molecule has 0 saturated carbocycles. The summed E-state index contributed by atoms with van der Waals surface area (Å²) in [4.78, 5) is 0. The van der Waals surface area contributed by atoms with Gasteiger partial charge < -0.3 is 20.1 Å². The average Bonchev–Trinajstić information content (AvgIpc) is 2.69. The fraction of sp³-hybridized carbons (Fsp3) is 0.400. The van der Waals surface area contributed by atoms with Gasteiger partial charge in [-0.25, -0.2) is 8.78 Å². The standard InChI is InChI=1S/C20H22F2N2O2/c21-16-5-4-13(10-17(16)22)15-6-7-23-12-18(15)24-11-14-2-1-3-19-20(14)26-9-8-25-19/h1-5,10,15,18,23-24H,6-9,11-12H2/t15-,18-/m0/s1. The number of hydrogen-bond donors (Lipinski definition) is 2. The third-order valence-corrected chi connectivity index (χ3v) is 5.06. The van der Waals surface area contributed by atoms with Crippen LogP contribution in [0.25, 0.3) is 0 Å². The van der Waals surface area contributed by atoms with Crippen LogP contribution in [0.15, 0.2) is 36.4 Å². The second kappa shape index (κ2) is 7.60. The topological polar surface area (TPSA) is 42.5 Å². The zero-order chi connectivity index (χ0) is 17.9. The molecule has 0 radical (unpaired) electrons. The number of para-hydroxylation sites is 1. The molecule has 2 aliphatic rings. The molecule has 2 heterocycles. The van der Waals surface area contributed by atoms with E-state index in [1.54, 1.807) is 6.07 Å². The summed E-state index contributed by atoms with van der Waals surface area (Å²) in [6, 6.07) is 10.2. The van der Waals surface area contributed by atoms with E-state index in [2.05, 4.69) is 10.6 Å². The van der Waals surface area contributed by atoms with Crippen LogP contribution in [0.4, 0.5) is 8.78 Å². The Bertz CT molecular complexity index is 784. The molecule has 0 unspecified atom stereocenters. The largest absolute Gasteiger partial charge is 0.486 e. The smallest absolute Gasteiger partial charge is 0.165 e. The highest BCUT2D eigenvalue weighted by atomic mass is 19.2. The molecule has 0 aromatic heterocycles. The maximum atomic E-state index is 13.7. The molecule has 2 N–H and O–H groups in total. The summed E-state index contributed by atoms with van der Waals surface area (Å²) in [5, 5.41) is 6.93. The van der Waals surface area contributed by atoms with Crippen molar-refractivity contribution < 1.29 is 18.3 Å². The highest BCUT2D eigenvalue weighted by molar-refractivity contribution is 5.47. The van der Waals surface area contributed by atoms with Gasteiger partial charge in [0.1, 0.15) is 13.2 Å². The van der Waals surface area contributed by atoms with Crippen molar-refractivity contribution in [2.75, 3.05) is 26.3 Å². The first kappa shape index (κ1) is 17.2. The van der Waals surface area contributed by atoms with Crippen LogP contribution in [0, 0.1) is 11.6 Å². The number of halogens is 2. The molecule has 6 heteroatoms. The van der Waals surface area contributed by atoms with E-state index in [1.165, 1.54) is 12.1 Å². The highest BCUT2D eigenvalue weighted by Gasteiger charge is 2.27. The minimum Gasteiger partial charge on any atom is -0.486 e. The van der Waals surface area contributed by atoms with E-state index in [-0.39, 0.29) is 12.0 Å². The number of fused-ring (bicyclic) bond motifs is 1. The van der Waals surface area contributed by atoms with Crippen molar-refractivity contribution in [1.82, 2.24) is 10.6 Å². The van der Waals surface area contributed by atoms with Crippen molar-refractivity contribution >= 4 is 0 Å². The average molecular weight is 360 g/mol. The second-order valence-corrected chi connectivity index (χ2v) is 6.70. The van der Waals surface area contributed by atoms with Crippen LogP contribution in [0.2, 0.25) is 0 Å². The zero-order valence-electron chi connectivity index (χ0n) is 14.4. The molecule has 0 bridgehead atoms. The molecule has 1 saturated heterocycles. The number of ether oxygens (including phenoxy) is 2. The quantitative estimate of drug-likeness (QED) is 0.880. The number of piperidine rings is 1. The summed E-state index contributed by atoms with van der Waals surface area (Å²) in [6.45, 7) is 3.37. The van der Waals surface area contributed by atoms with E-state index in [4.69, 9.17) is 9.47 Å². The van der Waals surface area contributed by atoms with Crippen LogP contribution < -0.4 is 20.1 Å². The summed E-state index contributed by atoms with van der Waals surface area (Å²) < 4.78 is 38.3. The Kier molecular flexibility index (Phi) is 5.04. The Labute approximate surface area is 151 Å². The molecule has 2 atom stereocenters. The van der Waals surface area contributed by atoms with E-state index < -0.39 is 11.6 Å². The second-order valence-electron chi connectivity index (χ2n) is 6.70. The lowest BCUT2D eigenvalue weighted by molar-refractivity contribution is 0.169. The predicted molar refractivity (Wildman–Crippen MR) is 94.6 cm³/mol. The Balaban J connectivity index is 1.50. The van der Waals surface area contributed by atoms with Crippen LogP contribution in [0.3, 0.4) is 0 Å². The molecule has 2 aromatic carbocycles. The van der Waals surface area contributed by atoms with Gasteiger partial charge in [0.25, 0.3) is 0 Å². The van der Waals surface area contributed by atoms with Gasteiger partial charge in [-0.05, 0) is 36.7 Å². The predicted octanol–water partition coefficient (Wildman–Crippen LogP) is 2.97. The number of benzene rings is 2. The highest BCUT2D eigenvalue weighted by Crippen LogP contribution is 2.34. The third kappa shape index (κ3) is 3.52. The van der Waals surface area contributed by atoms with E-state index >= 15 is 0 Å². The van der Waals surface area contributed by atoms with Gasteiger partial charge in [0.05, 0.1) is 0 Å². The molecule has 2 aromatic rings. The number of rotatable bonds is 4. The van der Waals surface area contributed by atoms with Crippen LogP contribution in [0.5, 0.6) is 11.5 Å². The maximum absolute atomic E-state index is 13.7. The van der Waals surface area contributed by atoms with E-state index in [0.717, 1.165) is 42.1 Å². The monoisotopic (exact) mass is 360 g/mol. The molecule has 0 spiro atoms. The van der Waals surface area contributed by atoms with Crippen LogP contribution in [-0.4, -0.2) is 32.3 Å². The molecule has 0 amide bonds. The van der Waals surface area contributed by atoms with Crippen molar-refractivity contribution in [3.8, 4) is 11.5 Å². The van der Waals surface area contributed by atoms with Crippen molar-refractivity contribution in [2.24, 2.45) is 0 Å². The summed E-state index contributed by atoms with van der Waals surface area (Å²) >= 11 is 0. The lowest BCUT2D eigenvalue weighted by Gasteiger charge is -2.34.